The Morgan fingerprint density at radius 3 is 2.26 bits per heavy atom. The van der Waals surface area contributed by atoms with E-state index in [9.17, 15) is 22.8 Å². The first-order chi connectivity index (χ1) is 14.5. The third-order valence-electron chi connectivity index (χ3n) is 4.35. The molecule has 162 valence electrons. The molecule has 1 aliphatic rings. The van der Waals surface area contributed by atoms with Crippen LogP contribution in [0.25, 0.3) is 6.08 Å². The van der Waals surface area contributed by atoms with Gasteiger partial charge in [0, 0.05) is 25.5 Å². The minimum atomic E-state index is -3.84. The lowest BCUT2D eigenvalue weighted by molar-refractivity contribution is -0.127. The van der Waals surface area contributed by atoms with E-state index in [1.54, 1.807) is 6.08 Å². The molecule has 0 atom stereocenters. The molecular weight excluding hydrogens is 440 g/mol. The summed E-state index contributed by atoms with van der Waals surface area (Å²) in [6, 6.07) is 12.7. The van der Waals surface area contributed by atoms with Crippen LogP contribution in [0.4, 0.5) is 16.2 Å². The molecule has 3 N–H and O–H groups in total. The normalized spacial score (nSPS) is 15.5. The van der Waals surface area contributed by atoms with Crippen molar-refractivity contribution in [2.24, 2.45) is 5.14 Å². The molecule has 31 heavy (non-hydrogen) atoms. The van der Waals surface area contributed by atoms with Crippen LogP contribution in [0.5, 0.6) is 0 Å². The Balaban J connectivity index is 1.66. The number of anilines is 2. The lowest BCUT2D eigenvalue weighted by Crippen LogP contribution is -2.36. The van der Waals surface area contributed by atoms with Gasteiger partial charge in [-0.3, -0.25) is 19.3 Å². The maximum atomic E-state index is 12.6. The number of rotatable bonds is 6. The summed E-state index contributed by atoms with van der Waals surface area (Å²) in [6.07, 6.45) is 1.61. The Morgan fingerprint density at radius 1 is 1.10 bits per heavy atom. The van der Waals surface area contributed by atoms with Gasteiger partial charge in [0.2, 0.25) is 15.9 Å². The van der Waals surface area contributed by atoms with Crippen LogP contribution in [0.3, 0.4) is 0 Å². The van der Waals surface area contributed by atoms with Gasteiger partial charge >= 0.3 is 0 Å². The lowest BCUT2D eigenvalue weighted by Gasteiger charge is -2.13. The van der Waals surface area contributed by atoms with Crippen molar-refractivity contribution in [2.75, 3.05) is 30.9 Å². The molecule has 2 aromatic rings. The van der Waals surface area contributed by atoms with Crippen LogP contribution in [-0.2, 0) is 19.6 Å². The predicted molar refractivity (Wildman–Crippen MR) is 120 cm³/mol. The molecular formula is C20H20N4O5S2. The van der Waals surface area contributed by atoms with E-state index in [0.29, 0.717) is 5.69 Å². The summed E-state index contributed by atoms with van der Waals surface area (Å²) in [4.78, 5) is 40.0. The summed E-state index contributed by atoms with van der Waals surface area (Å²) in [6.45, 7) is -0.460. The van der Waals surface area contributed by atoms with Crippen molar-refractivity contribution < 1.29 is 22.8 Å². The highest BCUT2D eigenvalue weighted by atomic mass is 32.2. The zero-order valence-corrected chi connectivity index (χ0v) is 18.4. The fourth-order valence-corrected chi connectivity index (χ4v) is 4.08. The molecule has 3 rings (SSSR count). The third-order valence-corrected chi connectivity index (χ3v) is 6.19. The Hall–Kier alpha value is -3.15. The van der Waals surface area contributed by atoms with E-state index in [0.717, 1.165) is 27.9 Å². The quantitative estimate of drug-likeness (QED) is 0.631. The fourth-order valence-electron chi connectivity index (χ4n) is 2.73. The Labute approximate surface area is 183 Å². The van der Waals surface area contributed by atoms with Gasteiger partial charge in [0.25, 0.3) is 11.1 Å². The number of hydrogen-bond donors (Lipinski definition) is 2. The van der Waals surface area contributed by atoms with Gasteiger partial charge in [-0.25, -0.2) is 13.6 Å². The molecule has 0 aliphatic carbocycles. The van der Waals surface area contributed by atoms with Gasteiger partial charge in [0.1, 0.15) is 6.54 Å². The second-order valence-electron chi connectivity index (χ2n) is 6.87. The molecule has 1 saturated heterocycles. The summed E-state index contributed by atoms with van der Waals surface area (Å²) in [5.41, 5.74) is 2.07. The smallest absolute Gasteiger partial charge is 0.294 e. The van der Waals surface area contributed by atoms with Gasteiger partial charge in [0.15, 0.2) is 0 Å². The summed E-state index contributed by atoms with van der Waals surface area (Å²) >= 11 is 0.768. The number of nitrogens with zero attached hydrogens (tertiary/aromatic N) is 2. The molecule has 1 heterocycles. The minimum Gasteiger partial charge on any atom is -0.378 e. The first-order valence-electron chi connectivity index (χ1n) is 9.00. The number of benzene rings is 2. The molecule has 3 amide bonds. The fraction of sp³-hybridized carbons (Fsp3) is 0.150. The average molecular weight is 461 g/mol. The van der Waals surface area contributed by atoms with Gasteiger partial charge in [0.05, 0.1) is 9.80 Å². The highest BCUT2D eigenvalue weighted by molar-refractivity contribution is 8.18. The first-order valence-corrected chi connectivity index (χ1v) is 11.4. The second kappa shape index (κ2) is 8.92. The van der Waals surface area contributed by atoms with Crippen LogP contribution in [0.15, 0.2) is 58.3 Å². The van der Waals surface area contributed by atoms with E-state index in [-0.39, 0.29) is 9.80 Å². The zero-order valence-electron chi connectivity index (χ0n) is 16.7. The van der Waals surface area contributed by atoms with Gasteiger partial charge in [-0.2, -0.15) is 0 Å². The molecule has 0 unspecified atom stereocenters. The highest BCUT2D eigenvalue weighted by Crippen LogP contribution is 2.32. The largest absolute Gasteiger partial charge is 0.378 e. The van der Waals surface area contributed by atoms with Crippen molar-refractivity contribution in [1.29, 1.82) is 0 Å². The average Bonchev–Trinajstić information content (AvgIpc) is 2.95. The number of sulfonamides is 1. The summed E-state index contributed by atoms with van der Waals surface area (Å²) in [5, 5.41) is 7.00. The first kappa shape index (κ1) is 22.5. The monoisotopic (exact) mass is 460 g/mol. The molecule has 0 spiro atoms. The molecule has 0 radical (unpaired) electrons. The van der Waals surface area contributed by atoms with E-state index >= 15 is 0 Å². The highest BCUT2D eigenvalue weighted by Gasteiger charge is 2.36. The summed E-state index contributed by atoms with van der Waals surface area (Å²) in [5.74, 6) is -1.14. The molecule has 2 aromatic carbocycles. The van der Waals surface area contributed by atoms with Crippen LogP contribution in [0.1, 0.15) is 5.56 Å². The van der Waals surface area contributed by atoms with Crippen LogP contribution in [0, 0.1) is 0 Å². The molecule has 11 heteroatoms. The van der Waals surface area contributed by atoms with E-state index in [1.165, 1.54) is 24.3 Å². The number of nitrogens with one attached hydrogen (secondary N) is 1. The third kappa shape index (κ3) is 5.51. The number of amides is 3. The Kier molecular flexibility index (Phi) is 6.48. The van der Waals surface area contributed by atoms with E-state index < -0.39 is 33.6 Å². The van der Waals surface area contributed by atoms with Gasteiger partial charge in [-0.05, 0) is 59.8 Å². The van der Waals surface area contributed by atoms with Crippen LogP contribution in [-0.4, -0.2) is 51.0 Å². The number of imide groups is 1. The summed E-state index contributed by atoms with van der Waals surface area (Å²) < 4.78 is 22.6. The SMILES string of the molecule is CN(C)c1ccc(C=C2SC(=O)N(CC(=O)Nc3ccc(S(N)(=O)=O)cc3)C2=O)cc1. The van der Waals surface area contributed by atoms with Crippen molar-refractivity contribution in [3.8, 4) is 0 Å². The van der Waals surface area contributed by atoms with Crippen molar-refractivity contribution in [2.45, 2.75) is 4.90 Å². The predicted octanol–water partition coefficient (Wildman–Crippen LogP) is 2.08. The maximum absolute atomic E-state index is 12.6. The van der Waals surface area contributed by atoms with Gasteiger partial charge in [-0.15, -0.1) is 0 Å². The maximum Gasteiger partial charge on any atom is 0.294 e. The topological polar surface area (TPSA) is 130 Å². The zero-order chi connectivity index (χ0) is 22.8. The molecule has 0 aromatic heterocycles. The van der Waals surface area contributed by atoms with Crippen LogP contribution in [0.2, 0.25) is 0 Å². The van der Waals surface area contributed by atoms with E-state index in [2.05, 4.69) is 5.32 Å². The number of carbonyl (C=O) groups excluding carboxylic acids is 3. The Bertz CT molecular complexity index is 1160. The number of nitrogens with two attached hydrogens (primary N) is 1. The number of primary sulfonamides is 1. The van der Waals surface area contributed by atoms with Gasteiger partial charge in [-0.1, -0.05) is 12.1 Å². The Morgan fingerprint density at radius 2 is 1.71 bits per heavy atom. The van der Waals surface area contributed by atoms with E-state index in [1.807, 2.05) is 43.3 Å². The molecule has 1 aliphatic heterocycles. The van der Waals surface area contributed by atoms with Crippen molar-refractivity contribution in [3.63, 3.8) is 0 Å². The number of hydrogen-bond acceptors (Lipinski definition) is 7. The van der Waals surface area contributed by atoms with Gasteiger partial charge < -0.3 is 10.2 Å². The number of carbonyl (C=O) groups is 3. The standard InChI is InChI=1S/C20H20N4O5S2/c1-23(2)15-7-3-13(4-8-15)11-17-19(26)24(20(27)30-17)12-18(25)22-14-5-9-16(10-6-14)31(21,28)29/h3-11H,12H2,1-2H3,(H,22,25)(H2,21,28,29). The minimum absolute atomic E-state index is 0.0970. The van der Waals surface area contributed by atoms with Crippen molar-refractivity contribution in [3.05, 3.63) is 59.0 Å². The molecule has 1 fully saturated rings. The van der Waals surface area contributed by atoms with Crippen LogP contribution >= 0.6 is 11.8 Å². The van der Waals surface area contributed by atoms with Crippen LogP contribution < -0.4 is 15.4 Å². The molecule has 9 nitrogen and oxygen atoms in total. The van der Waals surface area contributed by atoms with E-state index in [4.69, 9.17) is 5.14 Å². The summed E-state index contributed by atoms with van der Waals surface area (Å²) in [7, 11) is -0.00856. The van der Waals surface area contributed by atoms with Crippen molar-refractivity contribution >= 4 is 56.3 Å². The second-order valence-corrected chi connectivity index (χ2v) is 9.43. The number of thioether (sulfide) groups is 1. The molecule has 0 bridgehead atoms. The molecule has 0 saturated carbocycles. The lowest BCUT2D eigenvalue weighted by atomic mass is 10.2. The van der Waals surface area contributed by atoms with Crippen molar-refractivity contribution in [1.82, 2.24) is 4.90 Å².